The molecule has 0 radical (unpaired) electrons. The minimum Gasteiger partial charge on any atom is -0.481 e. The zero-order valence-electron chi connectivity index (χ0n) is 20.0. The number of carboxylic acid groups (broad SMARTS) is 1. The summed E-state index contributed by atoms with van der Waals surface area (Å²) in [6, 6.07) is 15.8. The quantitative estimate of drug-likeness (QED) is 0.204. The Morgan fingerprint density at radius 1 is 0.842 bits per heavy atom. The zero-order chi connectivity index (χ0) is 27.2. The van der Waals surface area contributed by atoms with Crippen LogP contribution in [0, 0.1) is 17.5 Å². The van der Waals surface area contributed by atoms with Crippen molar-refractivity contribution in [1.29, 1.82) is 0 Å². The lowest BCUT2D eigenvalue weighted by molar-refractivity contribution is -0.137. The number of aromatic nitrogens is 1. The summed E-state index contributed by atoms with van der Waals surface area (Å²) in [5, 5.41) is 12.4. The van der Waals surface area contributed by atoms with Gasteiger partial charge in [-0.05, 0) is 66.1 Å². The molecule has 0 aliphatic rings. The van der Waals surface area contributed by atoms with Crippen molar-refractivity contribution in [2.75, 3.05) is 5.32 Å². The van der Waals surface area contributed by atoms with Gasteiger partial charge in [0.15, 0.2) is 5.78 Å². The van der Waals surface area contributed by atoms with Crippen LogP contribution < -0.4 is 5.32 Å². The predicted octanol–water partition coefficient (Wildman–Crippen LogP) is 7.54. The molecular weight excluding hydrogens is 517 g/mol. The van der Waals surface area contributed by atoms with Gasteiger partial charge in [0.1, 0.15) is 23.1 Å². The summed E-state index contributed by atoms with van der Waals surface area (Å²) in [4.78, 5) is 27.2. The van der Waals surface area contributed by atoms with Crippen molar-refractivity contribution in [1.82, 2.24) is 4.98 Å². The van der Waals surface area contributed by atoms with Crippen LogP contribution in [0.3, 0.4) is 0 Å². The van der Waals surface area contributed by atoms with Crippen LogP contribution in [-0.4, -0.2) is 21.8 Å². The van der Waals surface area contributed by atoms with Crippen molar-refractivity contribution in [3.63, 3.8) is 0 Å². The Balaban J connectivity index is 1.49. The number of ketones is 1. The second-order valence-corrected chi connectivity index (χ2v) is 9.01. The molecule has 4 aromatic rings. The molecule has 0 atom stereocenters. The summed E-state index contributed by atoms with van der Waals surface area (Å²) >= 11 is 6.22. The van der Waals surface area contributed by atoms with Gasteiger partial charge >= 0.3 is 5.97 Å². The van der Waals surface area contributed by atoms with Crippen LogP contribution in [0.15, 0.2) is 72.9 Å². The maximum atomic E-state index is 14.8. The molecule has 38 heavy (non-hydrogen) atoms. The first-order chi connectivity index (χ1) is 18.2. The van der Waals surface area contributed by atoms with Crippen molar-refractivity contribution in [2.45, 2.75) is 25.8 Å². The molecule has 0 aliphatic carbocycles. The standard InChI is InChI=1S/C29H22ClF3N2O3/c30-19-6-4-17(24(12-19)18-5-11-27(35-16-18)28(36)2-1-3-29(37)38)15-34-21-8-10-23(26(33)14-21)22-9-7-20(31)13-25(22)32/h4-14,16,34H,1-3,15H2,(H,37,38). The van der Waals surface area contributed by atoms with Crippen molar-refractivity contribution in [2.24, 2.45) is 0 Å². The van der Waals surface area contributed by atoms with E-state index in [0.717, 1.165) is 17.2 Å². The number of pyridine rings is 1. The van der Waals surface area contributed by atoms with E-state index in [1.807, 2.05) is 6.07 Å². The summed E-state index contributed by atoms with van der Waals surface area (Å²) in [5.74, 6) is -3.45. The van der Waals surface area contributed by atoms with Crippen LogP contribution in [0.4, 0.5) is 18.9 Å². The Morgan fingerprint density at radius 3 is 2.24 bits per heavy atom. The molecule has 0 saturated heterocycles. The molecule has 0 spiro atoms. The number of rotatable bonds is 10. The molecule has 2 N–H and O–H groups in total. The average Bonchev–Trinajstić information content (AvgIpc) is 2.88. The molecule has 0 amide bonds. The number of Topliss-reactive ketones (excluding diaryl/α,β-unsaturated/α-hetero) is 1. The minimum atomic E-state index is -0.955. The summed E-state index contributed by atoms with van der Waals surface area (Å²) < 4.78 is 42.1. The van der Waals surface area contributed by atoms with E-state index in [4.69, 9.17) is 16.7 Å². The number of anilines is 1. The number of aliphatic carboxylic acids is 1. The molecule has 4 rings (SSSR count). The number of halogens is 4. The highest BCUT2D eigenvalue weighted by atomic mass is 35.5. The maximum absolute atomic E-state index is 14.8. The number of hydrogen-bond donors (Lipinski definition) is 2. The van der Waals surface area contributed by atoms with E-state index in [1.165, 1.54) is 18.2 Å². The van der Waals surface area contributed by atoms with E-state index in [2.05, 4.69) is 10.3 Å². The number of benzene rings is 3. The SMILES string of the molecule is O=C(O)CCCC(=O)c1ccc(-c2cc(Cl)ccc2CNc2ccc(-c3ccc(F)cc3F)c(F)c2)cn1. The van der Waals surface area contributed by atoms with E-state index in [0.29, 0.717) is 28.9 Å². The lowest BCUT2D eigenvalue weighted by Gasteiger charge is -2.14. The van der Waals surface area contributed by atoms with Gasteiger partial charge in [-0.15, -0.1) is 0 Å². The van der Waals surface area contributed by atoms with Crippen LogP contribution in [-0.2, 0) is 11.3 Å². The Morgan fingerprint density at radius 2 is 1.58 bits per heavy atom. The maximum Gasteiger partial charge on any atom is 0.303 e. The van der Waals surface area contributed by atoms with Gasteiger partial charge < -0.3 is 10.4 Å². The lowest BCUT2D eigenvalue weighted by Crippen LogP contribution is -2.05. The number of carbonyl (C=O) groups is 2. The van der Waals surface area contributed by atoms with E-state index in [-0.39, 0.29) is 41.9 Å². The van der Waals surface area contributed by atoms with Crippen LogP contribution in [0.1, 0.15) is 35.3 Å². The third-order valence-corrected chi connectivity index (χ3v) is 6.14. The molecule has 1 aromatic heterocycles. The molecular formula is C29H22ClF3N2O3. The Kier molecular flexibility index (Phi) is 8.43. The normalized spacial score (nSPS) is 10.8. The monoisotopic (exact) mass is 538 g/mol. The van der Waals surface area contributed by atoms with Gasteiger partial charge in [-0.3, -0.25) is 14.6 Å². The predicted molar refractivity (Wildman–Crippen MR) is 140 cm³/mol. The van der Waals surface area contributed by atoms with Gasteiger partial charge in [0.25, 0.3) is 0 Å². The molecule has 0 bridgehead atoms. The third-order valence-electron chi connectivity index (χ3n) is 5.90. The van der Waals surface area contributed by atoms with Gasteiger partial charge in [-0.25, -0.2) is 13.2 Å². The first-order valence-corrected chi connectivity index (χ1v) is 12.1. The van der Waals surface area contributed by atoms with Gasteiger partial charge in [0, 0.05) is 59.0 Å². The Hall–Kier alpha value is -4.17. The van der Waals surface area contributed by atoms with E-state index >= 15 is 0 Å². The van der Waals surface area contributed by atoms with Gasteiger partial charge in [-0.1, -0.05) is 23.7 Å². The number of nitrogens with zero attached hydrogens (tertiary/aromatic N) is 1. The van der Waals surface area contributed by atoms with Crippen LogP contribution >= 0.6 is 11.6 Å². The van der Waals surface area contributed by atoms with Crippen molar-refractivity contribution in [3.05, 3.63) is 107 Å². The summed E-state index contributed by atoms with van der Waals surface area (Å²) in [6.45, 7) is 0.298. The lowest BCUT2D eigenvalue weighted by atomic mass is 10.00. The highest BCUT2D eigenvalue weighted by Gasteiger charge is 2.14. The number of hydrogen-bond acceptors (Lipinski definition) is 4. The Labute approximate surface area is 221 Å². The zero-order valence-corrected chi connectivity index (χ0v) is 20.7. The fourth-order valence-electron chi connectivity index (χ4n) is 3.97. The minimum absolute atomic E-state index is 0.0175. The van der Waals surface area contributed by atoms with Crippen molar-refractivity contribution < 1.29 is 27.9 Å². The molecule has 0 unspecified atom stereocenters. The van der Waals surface area contributed by atoms with E-state index in [9.17, 15) is 22.8 Å². The summed E-state index contributed by atoms with van der Waals surface area (Å²) in [6.07, 6.45) is 1.79. The second-order valence-electron chi connectivity index (χ2n) is 8.58. The third kappa shape index (κ3) is 6.58. The molecule has 0 fully saturated rings. The number of carbonyl (C=O) groups excluding carboxylic acids is 1. The molecule has 9 heteroatoms. The van der Waals surface area contributed by atoms with Crippen molar-refractivity contribution >= 4 is 29.0 Å². The van der Waals surface area contributed by atoms with Gasteiger partial charge in [0.05, 0.1) is 0 Å². The first kappa shape index (κ1) is 26.9. The largest absolute Gasteiger partial charge is 0.481 e. The molecule has 3 aromatic carbocycles. The fraction of sp³-hybridized carbons (Fsp3) is 0.138. The van der Waals surface area contributed by atoms with E-state index < -0.39 is 23.4 Å². The van der Waals surface area contributed by atoms with E-state index in [1.54, 1.807) is 36.5 Å². The molecule has 0 aliphatic heterocycles. The highest BCUT2D eigenvalue weighted by molar-refractivity contribution is 6.30. The van der Waals surface area contributed by atoms with Crippen LogP contribution in [0.2, 0.25) is 5.02 Å². The molecule has 194 valence electrons. The average molecular weight is 539 g/mol. The first-order valence-electron chi connectivity index (χ1n) is 11.7. The van der Waals surface area contributed by atoms with Gasteiger partial charge in [-0.2, -0.15) is 0 Å². The van der Waals surface area contributed by atoms with Crippen LogP contribution in [0.25, 0.3) is 22.3 Å². The van der Waals surface area contributed by atoms with Gasteiger partial charge in [0.2, 0.25) is 0 Å². The smallest absolute Gasteiger partial charge is 0.303 e. The number of carboxylic acids is 1. The van der Waals surface area contributed by atoms with Crippen LogP contribution in [0.5, 0.6) is 0 Å². The molecule has 1 heterocycles. The number of nitrogens with one attached hydrogen (secondary N) is 1. The highest BCUT2D eigenvalue weighted by Crippen LogP contribution is 2.30. The summed E-state index contributed by atoms with van der Waals surface area (Å²) in [5.41, 5.74) is 2.97. The molecule has 5 nitrogen and oxygen atoms in total. The topological polar surface area (TPSA) is 79.3 Å². The summed E-state index contributed by atoms with van der Waals surface area (Å²) in [7, 11) is 0. The molecule has 0 saturated carbocycles. The Bertz CT molecular complexity index is 1490. The van der Waals surface area contributed by atoms with Crippen molar-refractivity contribution in [3.8, 4) is 22.3 Å². The second kappa shape index (κ2) is 11.9. The fourth-order valence-corrected chi connectivity index (χ4v) is 4.14.